The van der Waals surface area contributed by atoms with E-state index >= 15 is 0 Å². The van der Waals surface area contributed by atoms with Crippen molar-refractivity contribution in [2.45, 2.75) is 13.3 Å². The summed E-state index contributed by atoms with van der Waals surface area (Å²) in [7, 11) is 0. The third-order valence-corrected chi connectivity index (χ3v) is 2.81. The minimum Gasteiger partial charge on any atom is -0.375 e. The molecule has 88 valence electrons. The summed E-state index contributed by atoms with van der Waals surface area (Å²) in [5.41, 5.74) is 7.79. The van der Waals surface area contributed by atoms with E-state index < -0.39 is 0 Å². The lowest BCUT2D eigenvalue weighted by Crippen LogP contribution is -2.14. The van der Waals surface area contributed by atoms with Crippen molar-refractivity contribution in [2.75, 3.05) is 11.1 Å². The quantitative estimate of drug-likeness (QED) is 0.864. The van der Waals surface area contributed by atoms with Crippen LogP contribution in [0.25, 0.3) is 0 Å². The molecular formula is C11H12N4OS. The summed E-state index contributed by atoms with van der Waals surface area (Å²) in [6, 6.07) is 3.56. The molecule has 6 heteroatoms. The van der Waals surface area contributed by atoms with E-state index in [0.29, 0.717) is 10.8 Å². The Labute approximate surface area is 103 Å². The summed E-state index contributed by atoms with van der Waals surface area (Å²) in [6.45, 7) is 1.87. The van der Waals surface area contributed by atoms with E-state index in [4.69, 9.17) is 5.73 Å². The Balaban J connectivity index is 1.98. The number of anilines is 2. The van der Waals surface area contributed by atoms with Crippen LogP contribution in [0.2, 0.25) is 0 Å². The van der Waals surface area contributed by atoms with Crippen molar-refractivity contribution < 1.29 is 4.79 Å². The molecule has 0 saturated carbocycles. The van der Waals surface area contributed by atoms with E-state index in [1.165, 1.54) is 11.3 Å². The van der Waals surface area contributed by atoms with Gasteiger partial charge in [0, 0.05) is 23.0 Å². The van der Waals surface area contributed by atoms with E-state index in [0.717, 1.165) is 11.4 Å². The van der Waals surface area contributed by atoms with Crippen LogP contribution in [0, 0.1) is 6.92 Å². The number of nitrogens with two attached hydrogens (primary N) is 1. The molecule has 0 aliphatic carbocycles. The maximum atomic E-state index is 11.7. The fourth-order valence-corrected chi connectivity index (χ4v) is 1.96. The van der Waals surface area contributed by atoms with Gasteiger partial charge in [0.2, 0.25) is 5.91 Å². The molecular weight excluding hydrogens is 236 g/mol. The van der Waals surface area contributed by atoms with E-state index in [1.54, 1.807) is 17.6 Å². The van der Waals surface area contributed by atoms with E-state index in [1.807, 2.05) is 13.0 Å². The SMILES string of the molecule is Cc1cc(NC(=O)Cc2csc(N)n2)ccn1. The maximum absolute atomic E-state index is 11.7. The smallest absolute Gasteiger partial charge is 0.230 e. The highest BCUT2D eigenvalue weighted by atomic mass is 32.1. The van der Waals surface area contributed by atoms with Crippen molar-refractivity contribution in [3.05, 3.63) is 35.1 Å². The van der Waals surface area contributed by atoms with Crippen LogP contribution in [0.4, 0.5) is 10.8 Å². The number of hydrogen-bond donors (Lipinski definition) is 2. The summed E-state index contributed by atoms with van der Waals surface area (Å²) < 4.78 is 0. The molecule has 0 aliphatic heterocycles. The standard InChI is InChI=1S/C11H12N4OS/c1-7-4-8(2-3-13-7)14-10(16)5-9-6-17-11(12)15-9/h2-4,6H,5H2,1H3,(H2,12,15)(H,13,14,16). The summed E-state index contributed by atoms with van der Waals surface area (Å²) >= 11 is 1.33. The van der Waals surface area contributed by atoms with Crippen LogP contribution in [0.5, 0.6) is 0 Å². The van der Waals surface area contributed by atoms with E-state index in [9.17, 15) is 4.79 Å². The molecule has 0 bridgehead atoms. The number of hydrogen-bond acceptors (Lipinski definition) is 5. The van der Waals surface area contributed by atoms with Gasteiger partial charge >= 0.3 is 0 Å². The predicted octanol–water partition coefficient (Wildman–Crippen LogP) is 1.61. The first kappa shape index (κ1) is 11.5. The molecule has 2 heterocycles. The molecule has 17 heavy (non-hydrogen) atoms. The summed E-state index contributed by atoms with van der Waals surface area (Å²) in [5.74, 6) is -0.110. The van der Waals surface area contributed by atoms with Crippen molar-refractivity contribution in [1.29, 1.82) is 0 Å². The van der Waals surface area contributed by atoms with Crippen LogP contribution in [0.15, 0.2) is 23.7 Å². The molecule has 3 N–H and O–H groups in total. The van der Waals surface area contributed by atoms with Crippen LogP contribution in [-0.2, 0) is 11.2 Å². The van der Waals surface area contributed by atoms with Gasteiger partial charge in [-0.15, -0.1) is 11.3 Å². The molecule has 1 amide bonds. The zero-order valence-electron chi connectivity index (χ0n) is 9.30. The van der Waals surface area contributed by atoms with Crippen LogP contribution in [0.3, 0.4) is 0 Å². The lowest BCUT2D eigenvalue weighted by molar-refractivity contribution is -0.115. The second-order valence-corrected chi connectivity index (χ2v) is 4.48. The van der Waals surface area contributed by atoms with Gasteiger partial charge < -0.3 is 11.1 Å². The number of carbonyl (C=O) groups is 1. The molecule has 0 aliphatic rings. The first-order chi connectivity index (χ1) is 8.13. The highest BCUT2D eigenvalue weighted by molar-refractivity contribution is 7.13. The Kier molecular flexibility index (Phi) is 3.34. The second-order valence-electron chi connectivity index (χ2n) is 3.59. The number of rotatable bonds is 3. The van der Waals surface area contributed by atoms with Crippen LogP contribution in [-0.4, -0.2) is 15.9 Å². The maximum Gasteiger partial charge on any atom is 0.230 e. The largest absolute Gasteiger partial charge is 0.375 e. The number of carbonyl (C=O) groups excluding carboxylic acids is 1. The number of aryl methyl sites for hydroxylation is 1. The molecule has 0 radical (unpaired) electrons. The first-order valence-corrected chi connectivity index (χ1v) is 5.94. The molecule has 5 nitrogen and oxygen atoms in total. The van der Waals surface area contributed by atoms with E-state index in [-0.39, 0.29) is 12.3 Å². The Hall–Kier alpha value is -1.95. The van der Waals surface area contributed by atoms with Gasteiger partial charge in [-0.1, -0.05) is 0 Å². The van der Waals surface area contributed by atoms with Gasteiger partial charge in [-0.05, 0) is 19.1 Å². The summed E-state index contributed by atoms with van der Waals surface area (Å²) in [6.07, 6.45) is 1.89. The molecule has 0 spiro atoms. The van der Waals surface area contributed by atoms with Gasteiger partial charge in [0.1, 0.15) is 0 Å². The van der Waals surface area contributed by atoms with Crippen molar-refractivity contribution in [1.82, 2.24) is 9.97 Å². The number of amides is 1. The minimum atomic E-state index is -0.110. The highest BCUT2D eigenvalue weighted by Crippen LogP contribution is 2.12. The third kappa shape index (κ3) is 3.25. The molecule has 0 aromatic carbocycles. The lowest BCUT2D eigenvalue weighted by atomic mass is 10.3. The van der Waals surface area contributed by atoms with E-state index in [2.05, 4.69) is 15.3 Å². The lowest BCUT2D eigenvalue weighted by Gasteiger charge is -2.04. The van der Waals surface area contributed by atoms with Crippen molar-refractivity contribution in [2.24, 2.45) is 0 Å². The van der Waals surface area contributed by atoms with Gasteiger partial charge in [0.25, 0.3) is 0 Å². The van der Waals surface area contributed by atoms with Crippen molar-refractivity contribution in [3.63, 3.8) is 0 Å². The second kappa shape index (κ2) is 4.92. The number of thiazole rings is 1. The third-order valence-electron chi connectivity index (χ3n) is 2.09. The molecule has 0 atom stereocenters. The molecule has 2 aromatic heterocycles. The van der Waals surface area contributed by atoms with Crippen molar-refractivity contribution >= 4 is 28.1 Å². The highest BCUT2D eigenvalue weighted by Gasteiger charge is 2.07. The Morgan fingerprint density at radius 2 is 2.41 bits per heavy atom. The number of aromatic nitrogens is 2. The molecule has 0 unspecified atom stereocenters. The zero-order valence-corrected chi connectivity index (χ0v) is 10.1. The average Bonchev–Trinajstić information content (AvgIpc) is 2.63. The van der Waals surface area contributed by atoms with Crippen LogP contribution >= 0.6 is 11.3 Å². The first-order valence-electron chi connectivity index (χ1n) is 5.06. The normalized spacial score (nSPS) is 10.2. The van der Waals surface area contributed by atoms with Gasteiger partial charge in [-0.2, -0.15) is 0 Å². The predicted molar refractivity (Wildman–Crippen MR) is 67.8 cm³/mol. The number of nitrogens with zero attached hydrogens (tertiary/aromatic N) is 2. The Morgan fingerprint density at radius 3 is 3.06 bits per heavy atom. The zero-order chi connectivity index (χ0) is 12.3. The molecule has 0 fully saturated rings. The number of pyridine rings is 1. The van der Waals surface area contributed by atoms with Gasteiger partial charge in [-0.25, -0.2) is 4.98 Å². The Morgan fingerprint density at radius 1 is 1.59 bits per heavy atom. The van der Waals surface area contributed by atoms with Gasteiger partial charge in [-0.3, -0.25) is 9.78 Å². The Bertz CT molecular complexity index is 538. The fraction of sp³-hybridized carbons (Fsp3) is 0.182. The minimum absolute atomic E-state index is 0.110. The van der Waals surface area contributed by atoms with Crippen LogP contribution < -0.4 is 11.1 Å². The van der Waals surface area contributed by atoms with Gasteiger partial charge in [0.15, 0.2) is 5.13 Å². The topological polar surface area (TPSA) is 80.9 Å². The van der Waals surface area contributed by atoms with Crippen molar-refractivity contribution in [3.8, 4) is 0 Å². The molecule has 0 saturated heterocycles. The summed E-state index contributed by atoms with van der Waals surface area (Å²) in [4.78, 5) is 19.8. The number of nitrogens with one attached hydrogen (secondary N) is 1. The average molecular weight is 248 g/mol. The summed E-state index contributed by atoms with van der Waals surface area (Å²) in [5, 5.41) is 5.05. The molecule has 2 aromatic rings. The monoisotopic (exact) mass is 248 g/mol. The van der Waals surface area contributed by atoms with Gasteiger partial charge in [0.05, 0.1) is 12.1 Å². The number of nitrogen functional groups attached to an aromatic ring is 1. The molecule has 2 rings (SSSR count). The fourth-order valence-electron chi connectivity index (χ4n) is 1.40. The van der Waals surface area contributed by atoms with Crippen LogP contribution in [0.1, 0.15) is 11.4 Å².